The molecular weight excluding hydrogens is 284 g/mol. The van der Waals surface area contributed by atoms with Gasteiger partial charge in [-0.1, -0.05) is 6.92 Å². The Morgan fingerprint density at radius 2 is 1.86 bits per heavy atom. The summed E-state index contributed by atoms with van der Waals surface area (Å²) in [6, 6.07) is 6.01. The average molecular weight is 306 g/mol. The van der Waals surface area contributed by atoms with Gasteiger partial charge in [-0.05, 0) is 37.6 Å². The highest BCUT2D eigenvalue weighted by Gasteiger charge is 2.18. The average Bonchev–Trinajstić information content (AvgIpc) is 2.93. The van der Waals surface area contributed by atoms with Gasteiger partial charge in [0.25, 0.3) is 0 Å². The van der Waals surface area contributed by atoms with Crippen LogP contribution in [0.5, 0.6) is 11.5 Å². The summed E-state index contributed by atoms with van der Waals surface area (Å²) in [4.78, 5) is 4.63. The van der Waals surface area contributed by atoms with Crippen molar-refractivity contribution in [2.75, 3.05) is 20.8 Å². The van der Waals surface area contributed by atoms with E-state index >= 15 is 0 Å². The minimum Gasteiger partial charge on any atom is -0.497 e. The molecule has 1 aromatic carbocycles. The van der Waals surface area contributed by atoms with Crippen LogP contribution in [0.3, 0.4) is 0 Å². The molecule has 1 atom stereocenters. The first-order valence-electron chi connectivity index (χ1n) is 7.06. The van der Waals surface area contributed by atoms with E-state index < -0.39 is 0 Å². The molecule has 2 rings (SSSR count). The van der Waals surface area contributed by atoms with Gasteiger partial charge in [0, 0.05) is 17.1 Å². The Kier molecular flexibility index (Phi) is 5.59. The number of benzene rings is 1. The highest BCUT2D eigenvalue weighted by molar-refractivity contribution is 7.09. The topological polar surface area (TPSA) is 43.4 Å². The van der Waals surface area contributed by atoms with Gasteiger partial charge < -0.3 is 14.8 Å². The van der Waals surface area contributed by atoms with Crippen LogP contribution < -0.4 is 14.8 Å². The van der Waals surface area contributed by atoms with E-state index in [1.807, 2.05) is 25.1 Å². The number of ether oxygens (including phenoxy) is 2. The summed E-state index contributed by atoms with van der Waals surface area (Å²) < 4.78 is 10.7. The van der Waals surface area contributed by atoms with Crippen LogP contribution in [0.25, 0.3) is 0 Å². The van der Waals surface area contributed by atoms with E-state index in [1.54, 1.807) is 25.6 Å². The maximum absolute atomic E-state index is 5.37. The number of aryl methyl sites for hydroxylation is 1. The standard InChI is InChI=1S/C16H22N2O2S/c1-5-6-17-15(16-18-11(2)10-21-16)12-7-13(19-3)9-14(8-12)20-4/h7-10,15,17H,5-6H2,1-4H3. The second kappa shape index (κ2) is 7.43. The lowest BCUT2D eigenvalue weighted by Gasteiger charge is -2.18. The van der Waals surface area contributed by atoms with E-state index in [2.05, 4.69) is 22.6 Å². The Morgan fingerprint density at radius 3 is 2.33 bits per heavy atom. The summed E-state index contributed by atoms with van der Waals surface area (Å²) in [6.45, 7) is 5.11. The van der Waals surface area contributed by atoms with Gasteiger partial charge in [0.1, 0.15) is 16.5 Å². The molecule has 1 N–H and O–H groups in total. The number of nitrogens with zero attached hydrogens (tertiary/aromatic N) is 1. The zero-order chi connectivity index (χ0) is 15.2. The van der Waals surface area contributed by atoms with Gasteiger partial charge in [-0.2, -0.15) is 0 Å². The molecule has 0 radical (unpaired) electrons. The van der Waals surface area contributed by atoms with Gasteiger partial charge in [0.05, 0.1) is 20.3 Å². The minimum absolute atomic E-state index is 0.0626. The van der Waals surface area contributed by atoms with E-state index in [0.717, 1.165) is 40.7 Å². The lowest BCUT2D eigenvalue weighted by atomic mass is 10.1. The van der Waals surface area contributed by atoms with Crippen LogP contribution in [-0.4, -0.2) is 25.7 Å². The number of thiazole rings is 1. The maximum Gasteiger partial charge on any atom is 0.122 e. The van der Waals surface area contributed by atoms with Gasteiger partial charge in [-0.25, -0.2) is 4.98 Å². The molecule has 0 saturated carbocycles. The largest absolute Gasteiger partial charge is 0.497 e. The Balaban J connectivity index is 2.40. The molecule has 21 heavy (non-hydrogen) atoms. The fourth-order valence-electron chi connectivity index (χ4n) is 2.14. The molecule has 0 aliphatic carbocycles. The zero-order valence-corrected chi connectivity index (χ0v) is 13.8. The smallest absolute Gasteiger partial charge is 0.122 e. The van der Waals surface area contributed by atoms with Gasteiger partial charge >= 0.3 is 0 Å². The number of hydrogen-bond donors (Lipinski definition) is 1. The van der Waals surface area contributed by atoms with E-state index in [9.17, 15) is 0 Å². The van der Waals surface area contributed by atoms with Crippen molar-refractivity contribution < 1.29 is 9.47 Å². The Labute approximate surface area is 130 Å². The number of aromatic nitrogens is 1. The molecule has 0 fully saturated rings. The van der Waals surface area contributed by atoms with Crippen LogP contribution >= 0.6 is 11.3 Å². The van der Waals surface area contributed by atoms with Crippen molar-refractivity contribution in [2.24, 2.45) is 0 Å². The molecule has 114 valence electrons. The Hall–Kier alpha value is -1.59. The number of nitrogens with one attached hydrogen (secondary N) is 1. The number of hydrogen-bond acceptors (Lipinski definition) is 5. The first kappa shape index (κ1) is 15.8. The van der Waals surface area contributed by atoms with Crippen molar-refractivity contribution in [2.45, 2.75) is 26.3 Å². The molecule has 0 saturated heterocycles. The highest BCUT2D eigenvalue weighted by Crippen LogP contribution is 2.31. The van der Waals surface area contributed by atoms with E-state index in [-0.39, 0.29) is 6.04 Å². The summed E-state index contributed by atoms with van der Waals surface area (Å²) in [5, 5.41) is 6.70. The minimum atomic E-state index is 0.0626. The molecule has 5 heteroatoms. The summed E-state index contributed by atoms with van der Waals surface area (Å²) in [5.74, 6) is 1.59. The van der Waals surface area contributed by atoms with E-state index in [1.165, 1.54) is 0 Å². The van der Waals surface area contributed by atoms with Gasteiger partial charge in [-0.3, -0.25) is 0 Å². The quantitative estimate of drug-likeness (QED) is 0.849. The molecular formula is C16H22N2O2S. The fraction of sp³-hybridized carbons (Fsp3) is 0.438. The molecule has 0 spiro atoms. The first-order chi connectivity index (χ1) is 10.2. The van der Waals surface area contributed by atoms with Crippen molar-refractivity contribution >= 4 is 11.3 Å². The second-order valence-electron chi connectivity index (χ2n) is 4.86. The lowest BCUT2D eigenvalue weighted by Crippen LogP contribution is -2.23. The fourth-order valence-corrected chi connectivity index (χ4v) is 3.03. The van der Waals surface area contributed by atoms with E-state index in [4.69, 9.17) is 9.47 Å². The van der Waals surface area contributed by atoms with Crippen LogP contribution in [0.1, 0.15) is 35.7 Å². The molecule has 0 bridgehead atoms. The van der Waals surface area contributed by atoms with Crippen molar-refractivity contribution in [3.63, 3.8) is 0 Å². The third-order valence-corrected chi connectivity index (χ3v) is 4.22. The summed E-state index contributed by atoms with van der Waals surface area (Å²) in [5.41, 5.74) is 2.15. The predicted octanol–water partition coefficient (Wildman–Crippen LogP) is 3.56. The summed E-state index contributed by atoms with van der Waals surface area (Å²) in [6.07, 6.45) is 1.07. The molecule has 1 heterocycles. The lowest BCUT2D eigenvalue weighted by molar-refractivity contribution is 0.392. The van der Waals surface area contributed by atoms with Gasteiger partial charge in [-0.15, -0.1) is 11.3 Å². The van der Waals surface area contributed by atoms with Crippen LogP contribution in [0.4, 0.5) is 0 Å². The van der Waals surface area contributed by atoms with Crippen LogP contribution in [0.15, 0.2) is 23.6 Å². The molecule has 0 amide bonds. The molecule has 0 aliphatic heterocycles. The Morgan fingerprint density at radius 1 is 1.19 bits per heavy atom. The van der Waals surface area contributed by atoms with Crippen LogP contribution in [0.2, 0.25) is 0 Å². The number of methoxy groups -OCH3 is 2. The maximum atomic E-state index is 5.37. The second-order valence-corrected chi connectivity index (χ2v) is 5.75. The number of rotatable bonds is 7. The van der Waals surface area contributed by atoms with Crippen molar-refractivity contribution in [3.05, 3.63) is 39.8 Å². The molecule has 1 aromatic heterocycles. The van der Waals surface area contributed by atoms with Crippen LogP contribution in [-0.2, 0) is 0 Å². The van der Waals surface area contributed by atoms with Gasteiger partial charge in [0.2, 0.25) is 0 Å². The molecule has 1 unspecified atom stereocenters. The first-order valence-corrected chi connectivity index (χ1v) is 7.94. The summed E-state index contributed by atoms with van der Waals surface area (Å²) >= 11 is 1.67. The normalized spacial score (nSPS) is 12.2. The van der Waals surface area contributed by atoms with Crippen LogP contribution in [0, 0.1) is 6.92 Å². The van der Waals surface area contributed by atoms with Crippen molar-refractivity contribution in [3.8, 4) is 11.5 Å². The predicted molar refractivity (Wildman–Crippen MR) is 86.5 cm³/mol. The SMILES string of the molecule is CCCNC(c1cc(OC)cc(OC)c1)c1nc(C)cs1. The summed E-state index contributed by atoms with van der Waals surface area (Å²) in [7, 11) is 3.33. The zero-order valence-electron chi connectivity index (χ0n) is 13.0. The van der Waals surface area contributed by atoms with E-state index in [0.29, 0.717) is 0 Å². The molecule has 4 nitrogen and oxygen atoms in total. The molecule has 0 aliphatic rings. The van der Waals surface area contributed by atoms with Crippen molar-refractivity contribution in [1.29, 1.82) is 0 Å². The van der Waals surface area contributed by atoms with Crippen molar-refractivity contribution in [1.82, 2.24) is 10.3 Å². The monoisotopic (exact) mass is 306 g/mol. The highest BCUT2D eigenvalue weighted by atomic mass is 32.1. The molecule has 2 aromatic rings. The third kappa shape index (κ3) is 3.95. The Bertz CT molecular complexity index is 561. The third-order valence-electron chi connectivity index (χ3n) is 3.19. The van der Waals surface area contributed by atoms with Gasteiger partial charge in [0.15, 0.2) is 0 Å².